The van der Waals surface area contributed by atoms with Crippen LogP contribution in [0.3, 0.4) is 0 Å². The molecule has 0 spiro atoms. The second kappa shape index (κ2) is 7.72. The first kappa shape index (κ1) is 16.9. The summed E-state index contributed by atoms with van der Waals surface area (Å²) in [5.74, 6) is -0.797. The van der Waals surface area contributed by atoms with Crippen LogP contribution in [0.4, 0.5) is 10.1 Å². The summed E-state index contributed by atoms with van der Waals surface area (Å²) in [5, 5.41) is 2.90. The van der Waals surface area contributed by atoms with Gasteiger partial charge in [0.25, 0.3) is 0 Å². The average molecular weight is 386 g/mol. The summed E-state index contributed by atoms with van der Waals surface area (Å²) >= 11 is 9.17. The lowest BCUT2D eigenvalue weighted by atomic mass is 10.2. The van der Waals surface area contributed by atoms with Gasteiger partial charge in [0.1, 0.15) is 5.82 Å². The minimum absolute atomic E-state index is 0.0922. The number of hydrogen-bond donors (Lipinski definition) is 1. The zero-order valence-electron chi connectivity index (χ0n) is 11.9. The molecule has 2 rings (SSSR count). The predicted octanol–water partition coefficient (Wildman–Crippen LogP) is 4.31. The lowest BCUT2D eigenvalue weighted by molar-refractivity contribution is -0.117. The summed E-state index contributed by atoms with van der Waals surface area (Å²) in [4.78, 5) is 13.8. The topological polar surface area (TPSA) is 32.3 Å². The Hall–Kier alpha value is -1.43. The molecule has 6 heteroatoms. The minimum Gasteiger partial charge on any atom is -0.322 e. The van der Waals surface area contributed by atoms with Crippen molar-refractivity contribution in [3.05, 3.63) is 63.3 Å². The Morgan fingerprint density at radius 3 is 2.64 bits per heavy atom. The summed E-state index contributed by atoms with van der Waals surface area (Å²) in [6.07, 6.45) is 0. The van der Waals surface area contributed by atoms with E-state index in [1.807, 2.05) is 36.2 Å². The van der Waals surface area contributed by atoms with Gasteiger partial charge in [-0.2, -0.15) is 0 Å². The SMILES string of the molecule is CN(CC(=O)Nc1cc(Cl)ccc1F)Cc1ccc(Br)cc1. The summed E-state index contributed by atoms with van der Waals surface area (Å²) in [7, 11) is 1.83. The summed E-state index contributed by atoms with van der Waals surface area (Å²) in [6, 6.07) is 11.9. The van der Waals surface area contributed by atoms with E-state index < -0.39 is 5.82 Å². The van der Waals surface area contributed by atoms with Crippen LogP contribution in [0.15, 0.2) is 46.9 Å². The maximum Gasteiger partial charge on any atom is 0.238 e. The Bertz CT molecular complexity index is 664. The molecular weight excluding hydrogens is 371 g/mol. The molecule has 0 aliphatic carbocycles. The van der Waals surface area contributed by atoms with Crippen molar-refractivity contribution in [2.75, 3.05) is 18.9 Å². The van der Waals surface area contributed by atoms with Gasteiger partial charge in [0, 0.05) is 16.0 Å². The standard InChI is InChI=1S/C16H15BrClFN2O/c1-21(9-11-2-4-12(17)5-3-11)10-16(22)20-15-8-13(18)6-7-14(15)19/h2-8H,9-10H2,1H3,(H,20,22). The summed E-state index contributed by atoms with van der Waals surface area (Å²) in [5.41, 5.74) is 1.18. The maximum absolute atomic E-state index is 13.6. The monoisotopic (exact) mass is 384 g/mol. The highest BCUT2D eigenvalue weighted by Crippen LogP contribution is 2.19. The Morgan fingerprint density at radius 2 is 1.95 bits per heavy atom. The van der Waals surface area contributed by atoms with Gasteiger partial charge in [0.15, 0.2) is 0 Å². The lowest BCUT2D eigenvalue weighted by Gasteiger charge is -2.16. The molecule has 2 aromatic rings. The second-order valence-corrected chi connectivity index (χ2v) is 6.32. The Kier molecular flexibility index (Phi) is 5.94. The maximum atomic E-state index is 13.6. The van der Waals surface area contributed by atoms with Crippen molar-refractivity contribution in [1.82, 2.24) is 4.90 Å². The van der Waals surface area contributed by atoms with Crippen LogP contribution >= 0.6 is 27.5 Å². The number of rotatable bonds is 5. The van der Waals surface area contributed by atoms with Gasteiger partial charge in [0.2, 0.25) is 5.91 Å². The third kappa shape index (κ3) is 5.09. The quantitative estimate of drug-likeness (QED) is 0.832. The Labute approximate surface area is 142 Å². The number of nitrogens with zero attached hydrogens (tertiary/aromatic N) is 1. The van der Waals surface area contributed by atoms with E-state index in [0.717, 1.165) is 10.0 Å². The molecule has 0 unspecified atom stereocenters. The first-order chi connectivity index (χ1) is 10.4. The van der Waals surface area contributed by atoms with Crippen molar-refractivity contribution in [2.45, 2.75) is 6.54 Å². The number of carbonyl (C=O) groups excluding carboxylic acids is 1. The van der Waals surface area contributed by atoms with Crippen molar-refractivity contribution >= 4 is 39.1 Å². The van der Waals surface area contributed by atoms with E-state index in [9.17, 15) is 9.18 Å². The predicted molar refractivity (Wildman–Crippen MR) is 90.5 cm³/mol. The van der Waals surface area contributed by atoms with Gasteiger partial charge in [-0.05, 0) is 42.9 Å². The summed E-state index contributed by atoms with van der Waals surface area (Å²) in [6.45, 7) is 0.779. The third-order valence-corrected chi connectivity index (χ3v) is 3.75. The van der Waals surface area contributed by atoms with Gasteiger partial charge in [-0.1, -0.05) is 39.7 Å². The van der Waals surface area contributed by atoms with Crippen molar-refractivity contribution in [3.8, 4) is 0 Å². The number of amides is 1. The van der Waals surface area contributed by atoms with Gasteiger partial charge in [0.05, 0.1) is 12.2 Å². The molecule has 0 bridgehead atoms. The largest absolute Gasteiger partial charge is 0.322 e. The van der Waals surface area contributed by atoms with E-state index in [1.165, 1.54) is 18.2 Å². The second-order valence-electron chi connectivity index (χ2n) is 4.97. The molecule has 0 aromatic heterocycles. The molecule has 22 heavy (non-hydrogen) atoms. The molecule has 1 amide bonds. The fraction of sp³-hybridized carbons (Fsp3) is 0.188. The van der Waals surface area contributed by atoms with Crippen LogP contribution in [0, 0.1) is 5.82 Å². The number of anilines is 1. The smallest absolute Gasteiger partial charge is 0.238 e. The van der Waals surface area contributed by atoms with Gasteiger partial charge in [-0.3, -0.25) is 9.69 Å². The number of halogens is 3. The van der Waals surface area contributed by atoms with Gasteiger partial charge >= 0.3 is 0 Å². The normalized spacial score (nSPS) is 10.8. The lowest BCUT2D eigenvalue weighted by Crippen LogP contribution is -2.30. The molecule has 0 heterocycles. The van der Waals surface area contributed by atoms with Gasteiger partial charge in [-0.25, -0.2) is 4.39 Å². The van der Waals surface area contributed by atoms with E-state index in [-0.39, 0.29) is 18.1 Å². The van der Waals surface area contributed by atoms with Gasteiger partial charge in [-0.15, -0.1) is 0 Å². The molecular formula is C16H15BrClFN2O. The van der Waals surface area contributed by atoms with Crippen LogP contribution in [0.2, 0.25) is 5.02 Å². The fourth-order valence-electron chi connectivity index (χ4n) is 1.99. The highest BCUT2D eigenvalue weighted by Gasteiger charge is 2.10. The van der Waals surface area contributed by atoms with Crippen LogP contribution in [0.1, 0.15) is 5.56 Å². The minimum atomic E-state index is -0.506. The molecule has 0 fully saturated rings. The van der Waals surface area contributed by atoms with Crippen molar-refractivity contribution in [1.29, 1.82) is 0 Å². The zero-order chi connectivity index (χ0) is 16.1. The number of carbonyl (C=O) groups is 1. The van der Waals surface area contributed by atoms with Crippen molar-refractivity contribution in [3.63, 3.8) is 0 Å². The first-order valence-corrected chi connectivity index (χ1v) is 7.79. The average Bonchev–Trinajstić information content (AvgIpc) is 2.45. The molecule has 0 saturated carbocycles. The van der Waals surface area contributed by atoms with E-state index in [0.29, 0.717) is 11.6 Å². The number of hydrogen-bond acceptors (Lipinski definition) is 2. The van der Waals surface area contributed by atoms with E-state index >= 15 is 0 Å². The summed E-state index contributed by atoms with van der Waals surface area (Å²) < 4.78 is 14.6. The molecule has 0 aliphatic heterocycles. The van der Waals surface area contributed by atoms with Crippen LogP contribution in [0.5, 0.6) is 0 Å². The molecule has 116 valence electrons. The van der Waals surface area contributed by atoms with Crippen LogP contribution in [0.25, 0.3) is 0 Å². The molecule has 3 nitrogen and oxygen atoms in total. The van der Waals surface area contributed by atoms with Crippen LogP contribution < -0.4 is 5.32 Å². The zero-order valence-corrected chi connectivity index (χ0v) is 14.3. The molecule has 0 saturated heterocycles. The first-order valence-electron chi connectivity index (χ1n) is 6.62. The molecule has 0 aliphatic rings. The number of benzene rings is 2. The van der Waals surface area contributed by atoms with Crippen LogP contribution in [-0.4, -0.2) is 24.4 Å². The molecule has 0 radical (unpaired) electrons. The van der Waals surface area contributed by atoms with E-state index in [4.69, 9.17) is 11.6 Å². The van der Waals surface area contributed by atoms with Crippen molar-refractivity contribution < 1.29 is 9.18 Å². The fourth-order valence-corrected chi connectivity index (χ4v) is 2.42. The molecule has 0 atom stereocenters. The van der Waals surface area contributed by atoms with E-state index in [2.05, 4.69) is 21.2 Å². The molecule has 1 N–H and O–H groups in total. The molecule has 2 aromatic carbocycles. The Morgan fingerprint density at radius 1 is 1.27 bits per heavy atom. The Balaban J connectivity index is 1.91. The van der Waals surface area contributed by atoms with E-state index in [1.54, 1.807) is 0 Å². The highest BCUT2D eigenvalue weighted by molar-refractivity contribution is 9.10. The van der Waals surface area contributed by atoms with Gasteiger partial charge < -0.3 is 5.32 Å². The third-order valence-electron chi connectivity index (χ3n) is 2.98. The number of likely N-dealkylation sites (N-methyl/N-ethyl adjacent to an activating group) is 1. The van der Waals surface area contributed by atoms with Crippen molar-refractivity contribution in [2.24, 2.45) is 0 Å². The highest BCUT2D eigenvalue weighted by atomic mass is 79.9. The van der Waals surface area contributed by atoms with Crippen LogP contribution in [-0.2, 0) is 11.3 Å². The number of nitrogens with one attached hydrogen (secondary N) is 1.